The van der Waals surface area contributed by atoms with Crippen LogP contribution >= 0.6 is 34.8 Å². The average Bonchev–Trinajstić information content (AvgIpc) is 2.63. The lowest BCUT2D eigenvalue weighted by Gasteiger charge is -2.31. The third-order valence-electron chi connectivity index (χ3n) is 4.27. The van der Waals surface area contributed by atoms with Gasteiger partial charge in [-0.25, -0.2) is 0 Å². The molecular formula is C20H21Cl3N2O2. The van der Waals surface area contributed by atoms with Crippen LogP contribution < -0.4 is 5.32 Å². The van der Waals surface area contributed by atoms with Gasteiger partial charge in [-0.2, -0.15) is 0 Å². The number of carbonyl (C=O) groups is 2. The highest BCUT2D eigenvalue weighted by Gasteiger charge is 2.29. The Morgan fingerprint density at radius 1 is 1.07 bits per heavy atom. The van der Waals surface area contributed by atoms with Gasteiger partial charge >= 0.3 is 0 Å². The fraction of sp³-hybridized carbons (Fsp3) is 0.300. The smallest absolute Gasteiger partial charge is 0.242 e. The van der Waals surface area contributed by atoms with Gasteiger partial charge in [-0.05, 0) is 36.2 Å². The van der Waals surface area contributed by atoms with Crippen LogP contribution in [0.2, 0.25) is 15.1 Å². The first kappa shape index (κ1) is 21.5. The van der Waals surface area contributed by atoms with Crippen molar-refractivity contribution < 1.29 is 9.59 Å². The maximum absolute atomic E-state index is 13.1. The Hall–Kier alpha value is -1.75. The van der Waals surface area contributed by atoms with Crippen LogP contribution in [0, 0.1) is 0 Å². The van der Waals surface area contributed by atoms with E-state index in [1.54, 1.807) is 43.4 Å². The first-order valence-electron chi connectivity index (χ1n) is 8.55. The van der Waals surface area contributed by atoms with Crippen LogP contribution in [-0.4, -0.2) is 29.8 Å². The molecule has 0 saturated carbocycles. The van der Waals surface area contributed by atoms with E-state index in [9.17, 15) is 9.59 Å². The number of hydrogen-bond donors (Lipinski definition) is 1. The molecule has 2 aromatic carbocycles. The molecule has 0 aromatic heterocycles. The molecule has 4 nitrogen and oxygen atoms in total. The molecule has 0 radical (unpaired) electrons. The molecule has 0 aliphatic heterocycles. The van der Waals surface area contributed by atoms with Crippen molar-refractivity contribution >= 4 is 46.6 Å². The summed E-state index contributed by atoms with van der Waals surface area (Å²) >= 11 is 18.6. The van der Waals surface area contributed by atoms with Gasteiger partial charge in [0.25, 0.3) is 0 Å². The minimum Gasteiger partial charge on any atom is -0.357 e. The number of halogens is 3. The molecule has 0 bridgehead atoms. The summed E-state index contributed by atoms with van der Waals surface area (Å²) in [6, 6.07) is 11.6. The highest BCUT2D eigenvalue weighted by atomic mass is 35.5. The van der Waals surface area contributed by atoms with Gasteiger partial charge < -0.3 is 10.2 Å². The van der Waals surface area contributed by atoms with Gasteiger partial charge in [-0.15, -0.1) is 0 Å². The SMILES string of the molecule is CC[C@@H](C(=O)NC)N(Cc1c(Cl)cccc1Cl)C(=O)Cc1cccc(Cl)c1. The maximum Gasteiger partial charge on any atom is 0.242 e. The van der Waals surface area contributed by atoms with E-state index in [1.165, 1.54) is 4.90 Å². The van der Waals surface area contributed by atoms with Crippen LogP contribution in [0.4, 0.5) is 0 Å². The summed E-state index contributed by atoms with van der Waals surface area (Å²) in [5.41, 5.74) is 1.39. The Morgan fingerprint density at radius 2 is 1.70 bits per heavy atom. The molecule has 27 heavy (non-hydrogen) atoms. The molecule has 144 valence electrons. The van der Waals surface area contributed by atoms with Crippen molar-refractivity contribution in [2.24, 2.45) is 0 Å². The fourth-order valence-electron chi connectivity index (χ4n) is 2.86. The number of carbonyl (C=O) groups excluding carboxylic acids is 2. The number of benzene rings is 2. The number of nitrogens with zero attached hydrogens (tertiary/aromatic N) is 1. The summed E-state index contributed by atoms with van der Waals surface area (Å²) in [7, 11) is 1.55. The molecule has 0 saturated heterocycles. The lowest BCUT2D eigenvalue weighted by atomic mass is 10.1. The molecule has 2 amide bonds. The topological polar surface area (TPSA) is 49.4 Å². The van der Waals surface area contributed by atoms with Gasteiger partial charge in [-0.3, -0.25) is 9.59 Å². The minimum absolute atomic E-state index is 0.121. The number of amides is 2. The normalized spacial score (nSPS) is 11.7. The molecule has 0 aliphatic carbocycles. The van der Waals surface area contributed by atoms with Gasteiger partial charge in [0, 0.05) is 34.2 Å². The summed E-state index contributed by atoms with van der Waals surface area (Å²) in [5, 5.41) is 4.08. The average molecular weight is 428 g/mol. The second-order valence-electron chi connectivity index (χ2n) is 6.07. The number of likely N-dealkylation sites (N-methyl/N-ethyl adjacent to an activating group) is 1. The zero-order chi connectivity index (χ0) is 20.0. The lowest BCUT2D eigenvalue weighted by molar-refractivity contribution is -0.140. The summed E-state index contributed by atoms with van der Waals surface area (Å²) in [6.07, 6.45) is 0.582. The monoisotopic (exact) mass is 426 g/mol. The van der Waals surface area contributed by atoms with E-state index in [1.807, 2.05) is 13.0 Å². The highest BCUT2D eigenvalue weighted by molar-refractivity contribution is 6.36. The summed E-state index contributed by atoms with van der Waals surface area (Å²) in [4.78, 5) is 27.0. The van der Waals surface area contributed by atoms with Crippen LogP contribution in [0.1, 0.15) is 24.5 Å². The second kappa shape index (κ2) is 9.98. The van der Waals surface area contributed by atoms with Crippen molar-refractivity contribution in [1.82, 2.24) is 10.2 Å². The van der Waals surface area contributed by atoms with Crippen LogP contribution in [0.25, 0.3) is 0 Å². The highest BCUT2D eigenvalue weighted by Crippen LogP contribution is 2.27. The van der Waals surface area contributed by atoms with E-state index in [-0.39, 0.29) is 24.8 Å². The molecule has 2 rings (SSSR count). The molecule has 0 fully saturated rings. The Kier molecular flexibility index (Phi) is 7.96. The molecule has 2 aromatic rings. The first-order valence-corrected chi connectivity index (χ1v) is 9.69. The fourth-order valence-corrected chi connectivity index (χ4v) is 3.59. The van der Waals surface area contributed by atoms with E-state index in [2.05, 4.69) is 5.32 Å². The van der Waals surface area contributed by atoms with E-state index in [4.69, 9.17) is 34.8 Å². The summed E-state index contributed by atoms with van der Waals surface area (Å²) in [5.74, 6) is -0.441. The molecule has 7 heteroatoms. The van der Waals surface area contributed by atoms with Crippen LogP contribution in [0.5, 0.6) is 0 Å². The number of rotatable bonds is 7. The summed E-state index contributed by atoms with van der Waals surface area (Å²) in [6.45, 7) is 2.00. The number of nitrogens with one attached hydrogen (secondary N) is 1. The van der Waals surface area contributed by atoms with Crippen LogP contribution in [0.15, 0.2) is 42.5 Å². The van der Waals surface area contributed by atoms with Crippen LogP contribution in [-0.2, 0) is 22.6 Å². The lowest BCUT2D eigenvalue weighted by Crippen LogP contribution is -2.48. The quantitative estimate of drug-likeness (QED) is 0.693. The predicted molar refractivity (Wildman–Crippen MR) is 110 cm³/mol. The Bertz CT molecular complexity index is 806. The Labute approximate surface area is 174 Å². The molecule has 0 aliphatic rings. The van der Waals surface area contributed by atoms with Gasteiger partial charge in [0.15, 0.2) is 0 Å². The predicted octanol–water partition coefficient (Wildman–Crippen LogP) is 4.74. The van der Waals surface area contributed by atoms with E-state index in [0.29, 0.717) is 27.1 Å². The Morgan fingerprint density at radius 3 is 2.26 bits per heavy atom. The number of hydrogen-bond acceptors (Lipinski definition) is 2. The first-order chi connectivity index (χ1) is 12.9. The molecule has 1 N–H and O–H groups in total. The minimum atomic E-state index is -0.631. The zero-order valence-corrected chi connectivity index (χ0v) is 17.4. The van der Waals surface area contributed by atoms with Crippen LogP contribution in [0.3, 0.4) is 0 Å². The van der Waals surface area contributed by atoms with Gasteiger partial charge in [0.05, 0.1) is 6.42 Å². The van der Waals surface area contributed by atoms with Gasteiger partial charge in [0.2, 0.25) is 11.8 Å². The standard InChI is InChI=1S/C20H21Cl3N2O2/c1-3-18(20(27)24-2)25(12-15-16(22)8-5-9-17(15)23)19(26)11-13-6-4-7-14(21)10-13/h4-10,18H,3,11-12H2,1-2H3,(H,24,27)/t18-/m0/s1. The van der Waals surface area contributed by atoms with Crippen molar-refractivity contribution in [2.75, 3.05) is 7.05 Å². The van der Waals surface area contributed by atoms with E-state index < -0.39 is 6.04 Å². The third kappa shape index (κ3) is 5.61. The molecular weight excluding hydrogens is 407 g/mol. The van der Waals surface area contributed by atoms with Crippen molar-refractivity contribution in [3.8, 4) is 0 Å². The molecule has 0 spiro atoms. The maximum atomic E-state index is 13.1. The van der Waals surface area contributed by atoms with E-state index in [0.717, 1.165) is 5.56 Å². The largest absolute Gasteiger partial charge is 0.357 e. The van der Waals surface area contributed by atoms with Crippen molar-refractivity contribution in [1.29, 1.82) is 0 Å². The van der Waals surface area contributed by atoms with E-state index >= 15 is 0 Å². The van der Waals surface area contributed by atoms with Crippen molar-refractivity contribution in [3.05, 3.63) is 68.7 Å². The van der Waals surface area contributed by atoms with Crippen molar-refractivity contribution in [2.45, 2.75) is 32.4 Å². The van der Waals surface area contributed by atoms with Crippen molar-refractivity contribution in [3.63, 3.8) is 0 Å². The van der Waals surface area contributed by atoms with Gasteiger partial charge in [-0.1, -0.05) is 59.9 Å². The molecule has 0 heterocycles. The third-order valence-corrected chi connectivity index (χ3v) is 5.21. The second-order valence-corrected chi connectivity index (χ2v) is 7.32. The summed E-state index contributed by atoms with van der Waals surface area (Å²) < 4.78 is 0. The molecule has 1 atom stereocenters. The van der Waals surface area contributed by atoms with Gasteiger partial charge in [0.1, 0.15) is 6.04 Å². The molecule has 0 unspecified atom stereocenters. The zero-order valence-electron chi connectivity index (χ0n) is 15.1. The Balaban J connectivity index is 2.36.